The average molecular weight is 565 g/mol. The number of nitrogens with one attached hydrogen (secondary N) is 1. The fourth-order valence-corrected chi connectivity index (χ4v) is 7.03. The Bertz CT molecular complexity index is 1430. The van der Waals surface area contributed by atoms with Crippen LogP contribution in [0.25, 0.3) is 11.1 Å². The summed E-state index contributed by atoms with van der Waals surface area (Å²) in [5, 5.41) is 3.61. The van der Waals surface area contributed by atoms with E-state index < -0.39 is 0 Å². The van der Waals surface area contributed by atoms with E-state index in [1.165, 1.54) is 42.7 Å². The van der Waals surface area contributed by atoms with Gasteiger partial charge in [-0.3, -0.25) is 15.0 Å². The third-order valence-electron chi connectivity index (χ3n) is 9.62. The second-order valence-corrected chi connectivity index (χ2v) is 12.7. The maximum absolute atomic E-state index is 6.26. The minimum absolute atomic E-state index is 0.156. The topological polar surface area (TPSA) is 74.5 Å². The summed E-state index contributed by atoms with van der Waals surface area (Å²) in [5.41, 5.74) is 8.30. The number of benzene rings is 1. The molecule has 7 nitrogen and oxygen atoms in total. The summed E-state index contributed by atoms with van der Waals surface area (Å²) in [4.78, 5) is 22.6. The molecule has 0 spiro atoms. The highest BCUT2D eigenvalue weighted by Gasteiger charge is 2.30. The standard InChI is InChI=1S/C35H44N6O/c1-23-12-15-38-35(24(2)34(23)37-16-13-29-5-4-14-36-29)41-17-18-42-33-11-10-26(19-28(33)22-41)27-20-32-31(39-21-27)7-3-6-30(40-32)25-8-9-25/h10-12,15,19-21,23-25,29,36H,3-9,13-14,16-18,22H2,1-2H3. The van der Waals surface area contributed by atoms with Gasteiger partial charge in [0.05, 0.1) is 23.8 Å². The predicted molar refractivity (Wildman–Crippen MR) is 171 cm³/mol. The van der Waals surface area contributed by atoms with Crippen molar-refractivity contribution in [3.8, 4) is 16.9 Å². The third-order valence-corrected chi connectivity index (χ3v) is 9.62. The van der Waals surface area contributed by atoms with Crippen LogP contribution in [0.3, 0.4) is 0 Å². The van der Waals surface area contributed by atoms with Crippen molar-refractivity contribution in [2.45, 2.75) is 77.8 Å². The summed E-state index contributed by atoms with van der Waals surface area (Å²) in [7, 11) is 0. The van der Waals surface area contributed by atoms with Gasteiger partial charge < -0.3 is 15.0 Å². The Hall–Kier alpha value is -3.32. The Labute approximate surface area is 250 Å². The van der Waals surface area contributed by atoms with Crippen molar-refractivity contribution >= 4 is 22.9 Å². The van der Waals surface area contributed by atoms with Gasteiger partial charge in [-0.05, 0) is 87.6 Å². The molecule has 1 aromatic heterocycles. The number of fused-ring (bicyclic) bond motifs is 2. The minimum atomic E-state index is 0.156. The van der Waals surface area contributed by atoms with Crippen LogP contribution in [0.5, 0.6) is 5.75 Å². The molecule has 1 saturated carbocycles. The molecule has 0 bridgehead atoms. The molecule has 42 heavy (non-hydrogen) atoms. The lowest BCUT2D eigenvalue weighted by Crippen LogP contribution is -2.40. The summed E-state index contributed by atoms with van der Waals surface area (Å²) < 4.78 is 6.26. The van der Waals surface area contributed by atoms with Crippen molar-refractivity contribution in [2.24, 2.45) is 32.7 Å². The molecule has 2 fully saturated rings. The van der Waals surface area contributed by atoms with Crippen LogP contribution in [0.15, 0.2) is 57.7 Å². The molecular weight excluding hydrogens is 520 g/mol. The van der Waals surface area contributed by atoms with Crippen molar-refractivity contribution in [3.05, 3.63) is 54.0 Å². The quantitative estimate of drug-likeness (QED) is 0.447. The fraction of sp³-hybridized carbons (Fsp3) is 0.543. The third kappa shape index (κ3) is 5.94. The minimum Gasteiger partial charge on any atom is -0.491 e. The van der Waals surface area contributed by atoms with E-state index in [1.807, 2.05) is 12.4 Å². The number of amidine groups is 1. The van der Waals surface area contributed by atoms with Gasteiger partial charge in [0, 0.05) is 60.0 Å². The van der Waals surface area contributed by atoms with Gasteiger partial charge in [-0.1, -0.05) is 26.0 Å². The second-order valence-electron chi connectivity index (χ2n) is 12.7. The van der Waals surface area contributed by atoms with Crippen LogP contribution in [-0.4, -0.2) is 59.4 Å². The molecule has 2 aromatic rings. The molecule has 1 aliphatic carbocycles. The Morgan fingerprint density at radius 2 is 2.00 bits per heavy atom. The Morgan fingerprint density at radius 3 is 2.86 bits per heavy atom. The van der Waals surface area contributed by atoms with E-state index in [0.717, 1.165) is 86.0 Å². The SMILES string of the molecule is CC1C=CN=C(N2CCOc3ccc(-c4cnc5c(c4)N=C(C4CC4)CCC5)cc3C2)C(C)C1=NCCC1CCCN1. The molecule has 7 heteroatoms. The van der Waals surface area contributed by atoms with E-state index in [4.69, 9.17) is 24.7 Å². The summed E-state index contributed by atoms with van der Waals surface area (Å²) in [6, 6.07) is 9.44. The first-order valence-electron chi connectivity index (χ1n) is 16.2. The first kappa shape index (κ1) is 27.5. The zero-order valence-corrected chi connectivity index (χ0v) is 25.2. The number of nitrogens with zero attached hydrogens (tertiary/aromatic N) is 5. The highest BCUT2D eigenvalue weighted by atomic mass is 16.5. The van der Waals surface area contributed by atoms with Gasteiger partial charge in [-0.15, -0.1) is 0 Å². The van der Waals surface area contributed by atoms with Crippen LogP contribution in [0.4, 0.5) is 5.69 Å². The van der Waals surface area contributed by atoms with Crippen LogP contribution < -0.4 is 10.1 Å². The van der Waals surface area contributed by atoms with E-state index in [2.05, 4.69) is 54.4 Å². The van der Waals surface area contributed by atoms with E-state index in [1.54, 1.807) is 0 Å². The van der Waals surface area contributed by atoms with Crippen molar-refractivity contribution < 1.29 is 4.74 Å². The van der Waals surface area contributed by atoms with Crippen LogP contribution in [0.1, 0.15) is 70.1 Å². The molecule has 3 unspecified atom stereocenters. The highest BCUT2D eigenvalue weighted by Crippen LogP contribution is 2.38. The van der Waals surface area contributed by atoms with E-state index in [-0.39, 0.29) is 11.8 Å². The van der Waals surface area contributed by atoms with Gasteiger partial charge in [0.2, 0.25) is 0 Å². The number of aliphatic imine (C=N–C) groups is 3. The van der Waals surface area contributed by atoms with Gasteiger partial charge in [0.25, 0.3) is 0 Å². The molecule has 1 N–H and O–H groups in total. The molecule has 4 aliphatic heterocycles. The maximum Gasteiger partial charge on any atom is 0.124 e. The number of hydrogen-bond donors (Lipinski definition) is 1. The smallest absolute Gasteiger partial charge is 0.124 e. The maximum atomic E-state index is 6.26. The van der Waals surface area contributed by atoms with Crippen molar-refractivity contribution in [1.82, 2.24) is 15.2 Å². The molecule has 1 saturated heterocycles. The van der Waals surface area contributed by atoms with E-state index in [9.17, 15) is 0 Å². The van der Waals surface area contributed by atoms with E-state index >= 15 is 0 Å². The number of aromatic nitrogens is 1. The molecule has 5 heterocycles. The lowest BCUT2D eigenvalue weighted by atomic mass is 9.93. The molecule has 7 rings (SSSR count). The van der Waals surface area contributed by atoms with Gasteiger partial charge in [0.1, 0.15) is 18.2 Å². The van der Waals surface area contributed by atoms with Gasteiger partial charge >= 0.3 is 0 Å². The number of allylic oxidation sites excluding steroid dienone is 1. The average Bonchev–Trinajstić information content (AvgIpc) is 3.80. The zero-order chi connectivity index (χ0) is 28.5. The van der Waals surface area contributed by atoms with Crippen LogP contribution in [0.2, 0.25) is 0 Å². The molecular formula is C35H44N6O. The van der Waals surface area contributed by atoms with Crippen LogP contribution in [0, 0.1) is 17.8 Å². The highest BCUT2D eigenvalue weighted by molar-refractivity contribution is 6.08. The number of rotatable bonds is 5. The number of hydrogen-bond acceptors (Lipinski definition) is 7. The molecule has 1 aromatic carbocycles. The van der Waals surface area contributed by atoms with Gasteiger partial charge in [-0.25, -0.2) is 4.99 Å². The summed E-state index contributed by atoms with van der Waals surface area (Å²) in [6.07, 6.45) is 15.7. The predicted octanol–water partition coefficient (Wildman–Crippen LogP) is 6.54. The largest absolute Gasteiger partial charge is 0.491 e. The zero-order valence-electron chi connectivity index (χ0n) is 25.2. The van der Waals surface area contributed by atoms with Crippen LogP contribution >= 0.6 is 0 Å². The first-order valence-corrected chi connectivity index (χ1v) is 16.2. The monoisotopic (exact) mass is 564 g/mol. The van der Waals surface area contributed by atoms with Gasteiger partial charge in [0.15, 0.2) is 0 Å². The fourth-order valence-electron chi connectivity index (χ4n) is 7.03. The lowest BCUT2D eigenvalue weighted by Gasteiger charge is -2.29. The van der Waals surface area contributed by atoms with Crippen molar-refractivity contribution in [2.75, 3.05) is 26.2 Å². The number of aryl methyl sites for hydroxylation is 1. The second kappa shape index (κ2) is 12.1. The first-order chi connectivity index (χ1) is 20.6. The molecule has 3 atom stereocenters. The number of pyridine rings is 1. The van der Waals surface area contributed by atoms with Gasteiger partial charge in [-0.2, -0.15) is 0 Å². The van der Waals surface area contributed by atoms with Crippen molar-refractivity contribution in [1.29, 1.82) is 0 Å². The molecule has 220 valence electrons. The Balaban J connectivity index is 1.12. The Kier molecular flexibility index (Phi) is 7.94. The number of ether oxygens (including phenoxy) is 1. The lowest BCUT2D eigenvalue weighted by molar-refractivity contribution is 0.286. The van der Waals surface area contributed by atoms with Crippen molar-refractivity contribution in [3.63, 3.8) is 0 Å². The molecule has 0 amide bonds. The van der Waals surface area contributed by atoms with E-state index in [0.29, 0.717) is 18.6 Å². The molecule has 5 aliphatic rings. The summed E-state index contributed by atoms with van der Waals surface area (Å²) >= 11 is 0. The summed E-state index contributed by atoms with van der Waals surface area (Å²) in [5.74, 6) is 3.19. The summed E-state index contributed by atoms with van der Waals surface area (Å²) in [6.45, 7) is 8.73. The normalized spacial score (nSPS) is 26.9. The Morgan fingerprint density at radius 1 is 1.07 bits per heavy atom. The molecule has 0 radical (unpaired) electrons. The van der Waals surface area contributed by atoms with Crippen LogP contribution in [-0.2, 0) is 13.0 Å².